The highest BCUT2D eigenvalue weighted by Crippen LogP contribution is 2.36. The molecule has 4 unspecified atom stereocenters. The second-order valence-corrected chi connectivity index (χ2v) is 6.83. The van der Waals surface area contributed by atoms with Crippen molar-refractivity contribution in [1.29, 1.82) is 0 Å². The fourth-order valence-electron chi connectivity index (χ4n) is 4.12. The zero-order chi connectivity index (χ0) is 15.2. The molecule has 3 aliphatic rings. The van der Waals surface area contributed by atoms with Crippen molar-refractivity contribution in [3.8, 4) is 0 Å². The molecule has 0 radical (unpaired) electrons. The van der Waals surface area contributed by atoms with Crippen LogP contribution >= 0.6 is 24.8 Å². The SMILES string of the molecule is Cl.Cl.O=CCCCC1CCNCC1C1=CC2C=CNCCC2C=C1. The van der Waals surface area contributed by atoms with Gasteiger partial charge in [0.05, 0.1) is 0 Å². The maximum absolute atomic E-state index is 10.6. The quantitative estimate of drug-likeness (QED) is 0.571. The third-order valence-electron chi connectivity index (χ3n) is 5.42. The molecular weight excluding hydrogens is 343 g/mol. The van der Waals surface area contributed by atoms with E-state index >= 15 is 0 Å². The lowest BCUT2D eigenvalue weighted by molar-refractivity contribution is -0.108. The van der Waals surface area contributed by atoms with E-state index < -0.39 is 0 Å². The average Bonchev–Trinajstić information content (AvgIpc) is 2.80. The Morgan fingerprint density at radius 2 is 2.04 bits per heavy atom. The molecule has 0 saturated carbocycles. The highest BCUT2D eigenvalue weighted by molar-refractivity contribution is 5.85. The smallest absolute Gasteiger partial charge is 0.119 e. The van der Waals surface area contributed by atoms with Crippen LogP contribution in [0.5, 0.6) is 0 Å². The van der Waals surface area contributed by atoms with Gasteiger partial charge in [0.15, 0.2) is 0 Å². The molecule has 136 valence electrons. The predicted molar refractivity (Wildman–Crippen MR) is 105 cm³/mol. The molecule has 2 N–H and O–H groups in total. The van der Waals surface area contributed by atoms with E-state index in [1.54, 1.807) is 0 Å². The van der Waals surface area contributed by atoms with Crippen LogP contribution < -0.4 is 10.6 Å². The number of carbonyl (C=O) groups excluding carboxylic acids is 1. The Morgan fingerprint density at radius 3 is 2.88 bits per heavy atom. The van der Waals surface area contributed by atoms with Crippen LogP contribution in [0.25, 0.3) is 0 Å². The van der Waals surface area contributed by atoms with Crippen LogP contribution in [-0.4, -0.2) is 25.9 Å². The first kappa shape index (κ1) is 21.3. The van der Waals surface area contributed by atoms with Gasteiger partial charge >= 0.3 is 0 Å². The number of rotatable bonds is 5. The van der Waals surface area contributed by atoms with Gasteiger partial charge in [0.2, 0.25) is 0 Å². The fraction of sp³-hybridized carbons (Fsp3) is 0.632. The van der Waals surface area contributed by atoms with Gasteiger partial charge < -0.3 is 15.4 Å². The number of hydrogen-bond donors (Lipinski definition) is 2. The topological polar surface area (TPSA) is 41.1 Å². The van der Waals surface area contributed by atoms with Crippen LogP contribution in [0.2, 0.25) is 0 Å². The van der Waals surface area contributed by atoms with Crippen molar-refractivity contribution >= 4 is 31.1 Å². The standard InChI is InChI=1S/C19H28N2O.2ClH/c22-12-2-1-3-16-7-11-21-14-19(16)18-5-4-15-6-9-20-10-8-17(15)13-18;;/h4-5,8,10,12-13,15-17,19-21H,1-3,6-7,9,11,14H2;2*1H. The summed E-state index contributed by atoms with van der Waals surface area (Å²) in [5.74, 6) is 2.54. The zero-order valence-electron chi connectivity index (χ0n) is 14.2. The van der Waals surface area contributed by atoms with Gasteiger partial charge in [0, 0.05) is 25.4 Å². The molecule has 1 saturated heterocycles. The van der Waals surface area contributed by atoms with Gasteiger partial charge in [-0.3, -0.25) is 0 Å². The molecule has 0 aromatic carbocycles. The number of unbranched alkanes of at least 4 members (excludes halogenated alkanes) is 1. The highest BCUT2D eigenvalue weighted by Gasteiger charge is 2.29. The van der Waals surface area contributed by atoms with Crippen molar-refractivity contribution in [3.05, 3.63) is 36.1 Å². The minimum atomic E-state index is 0. The number of aldehydes is 1. The van der Waals surface area contributed by atoms with Crippen LogP contribution in [0.4, 0.5) is 0 Å². The Balaban J connectivity index is 0.00000144. The minimum absolute atomic E-state index is 0. The second kappa shape index (κ2) is 11.0. The third kappa shape index (κ3) is 5.37. The van der Waals surface area contributed by atoms with E-state index in [4.69, 9.17) is 0 Å². The summed E-state index contributed by atoms with van der Waals surface area (Å²) in [6, 6.07) is 0. The fourth-order valence-corrected chi connectivity index (χ4v) is 4.12. The molecule has 0 aromatic rings. The first-order chi connectivity index (χ1) is 10.9. The normalized spacial score (nSPS) is 31.4. The summed E-state index contributed by atoms with van der Waals surface area (Å²) in [6.07, 6.45) is 18.2. The van der Waals surface area contributed by atoms with Gasteiger partial charge in [-0.2, -0.15) is 0 Å². The molecule has 5 heteroatoms. The molecule has 2 heterocycles. The van der Waals surface area contributed by atoms with Crippen LogP contribution in [0.3, 0.4) is 0 Å². The molecule has 1 aliphatic carbocycles. The van der Waals surface area contributed by atoms with E-state index in [1.165, 1.54) is 24.8 Å². The summed E-state index contributed by atoms with van der Waals surface area (Å²) in [5, 5.41) is 6.91. The van der Waals surface area contributed by atoms with E-state index in [9.17, 15) is 4.79 Å². The molecule has 24 heavy (non-hydrogen) atoms. The molecular formula is C19H30Cl2N2O. The molecule has 0 aromatic heterocycles. The Kier molecular flexibility index (Phi) is 9.72. The van der Waals surface area contributed by atoms with Gasteiger partial charge in [0.1, 0.15) is 6.29 Å². The van der Waals surface area contributed by atoms with Crippen molar-refractivity contribution < 1.29 is 4.79 Å². The summed E-state index contributed by atoms with van der Waals surface area (Å²) >= 11 is 0. The summed E-state index contributed by atoms with van der Waals surface area (Å²) in [5.41, 5.74) is 1.51. The van der Waals surface area contributed by atoms with Gasteiger partial charge in [0.25, 0.3) is 0 Å². The maximum atomic E-state index is 10.6. The molecule has 0 amide bonds. The molecule has 3 rings (SSSR count). The second-order valence-electron chi connectivity index (χ2n) is 6.83. The van der Waals surface area contributed by atoms with Gasteiger partial charge in [-0.25, -0.2) is 0 Å². The van der Waals surface area contributed by atoms with E-state index in [2.05, 4.69) is 41.1 Å². The number of halogens is 2. The molecule has 1 fully saturated rings. The Bertz CT molecular complexity index is 476. The van der Waals surface area contributed by atoms with Crippen LogP contribution in [0.15, 0.2) is 36.1 Å². The van der Waals surface area contributed by atoms with Crippen LogP contribution in [0, 0.1) is 23.7 Å². The lowest BCUT2D eigenvalue weighted by Crippen LogP contribution is -2.38. The van der Waals surface area contributed by atoms with Crippen molar-refractivity contribution in [2.24, 2.45) is 23.7 Å². The van der Waals surface area contributed by atoms with E-state index in [-0.39, 0.29) is 24.8 Å². The number of carbonyl (C=O) groups is 1. The lowest BCUT2D eigenvalue weighted by atomic mass is 9.74. The summed E-state index contributed by atoms with van der Waals surface area (Å²) in [7, 11) is 0. The van der Waals surface area contributed by atoms with Gasteiger partial charge in [-0.05, 0) is 61.8 Å². The van der Waals surface area contributed by atoms with Gasteiger partial charge in [-0.15, -0.1) is 24.8 Å². The molecule has 2 aliphatic heterocycles. The van der Waals surface area contributed by atoms with Crippen molar-refractivity contribution in [2.45, 2.75) is 32.1 Å². The highest BCUT2D eigenvalue weighted by atomic mass is 35.5. The van der Waals surface area contributed by atoms with Crippen LogP contribution in [0.1, 0.15) is 32.1 Å². The van der Waals surface area contributed by atoms with E-state index in [0.717, 1.165) is 38.3 Å². The Labute approximate surface area is 158 Å². The largest absolute Gasteiger partial charge is 0.391 e. The lowest BCUT2D eigenvalue weighted by Gasteiger charge is -2.35. The molecule has 3 nitrogen and oxygen atoms in total. The van der Waals surface area contributed by atoms with Crippen molar-refractivity contribution in [1.82, 2.24) is 10.6 Å². The first-order valence-corrected chi connectivity index (χ1v) is 8.83. The summed E-state index contributed by atoms with van der Waals surface area (Å²) < 4.78 is 0. The number of allylic oxidation sites excluding steroid dienone is 4. The van der Waals surface area contributed by atoms with Gasteiger partial charge in [-0.1, -0.05) is 24.3 Å². The molecule has 0 spiro atoms. The number of fused-ring (bicyclic) bond motifs is 1. The number of piperidine rings is 1. The van der Waals surface area contributed by atoms with Crippen LogP contribution in [-0.2, 0) is 4.79 Å². The van der Waals surface area contributed by atoms with E-state index in [1.807, 2.05) is 0 Å². The average molecular weight is 373 g/mol. The summed E-state index contributed by atoms with van der Waals surface area (Å²) in [6.45, 7) is 3.28. The maximum Gasteiger partial charge on any atom is 0.119 e. The van der Waals surface area contributed by atoms with Crippen molar-refractivity contribution in [2.75, 3.05) is 19.6 Å². The Morgan fingerprint density at radius 1 is 1.17 bits per heavy atom. The Hall–Kier alpha value is -0.770. The first-order valence-electron chi connectivity index (χ1n) is 8.83. The summed E-state index contributed by atoms with van der Waals surface area (Å²) in [4.78, 5) is 10.6. The van der Waals surface area contributed by atoms with Crippen molar-refractivity contribution in [3.63, 3.8) is 0 Å². The number of hydrogen-bond acceptors (Lipinski definition) is 3. The minimum Gasteiger partial charge on any atom is -0.391 e. The molecule has 0 bridgehead atoms. The number of nitrogens with one attached hydrogen (secondary N) is 2. The molecule has 4 atom stereocenters. The third-order valence-corrected chi connectivity index (χ3v) is 5.42. The predicted octanol–water partition coefficient (Wildman–Crippen LogP) is 3.66. The van der Waals surface area contributed by atoms with E-state index in [0.29, 0.717) is 24.2 Å². The zero-order valence-corrected chi connectivity index (χ0v) is 15.8. The monoisotopic (exact) mass is 372 g/mol.